The third kappa shape index (κ3) is 3.23. The third-order valence-electron chi connectivity index (χ3n) is 3.41. The molecule has 6 heteroatoms. The minimum Gasteiger partial charge on any atom is -0.539 e. The van der Waals surface area contributed by atoms with Crippen molar-refractivity contribution in [1.82, 2.24) is 0 Å². The average molecular weight is 265 g/mol. The summed E-state index contributed by atoms with van der Waals surface area (Å²) < 4.78 is 5.44. The molecule has 2 N–H and O–H groups in total. The first kappa shape index (κ1) is 13.4. The van der Waals surface area contributed by atoms with E-state index in [1.165, 1.54) is 31.5 Å². The van der Waals surface area contributed by atoms with Crippen LogP contribution in [0.25, 0.3) is 5.57 Å². The number of piperidine rings is 1. The van der Waals surface area contributed by atoms with Gasteiger partial charge in [-0.15, -0.1) is 0 Å². The van der Waals surface area contributed by atoms with Crippen LogP contribution in [0, 0.1) is 5.92 Å². The Morgan fingerprint density at radius 3 is 2.37 bits per heavy atom. The van der Waals surface area contributed by atoms with Crippen molar-refractivity contribution in [2.45, 2.75) is 12.8 Å². The molecule has 0 aliphatic carbocycles. The normalized spacial score (nSPS) is 24.1. The highest BCUT2D eigenvalue weighted by atomic mass is 16.4. The molecule has 4 rings (SSSR count). The first-order valence-electron chi connectivity index (χ1n) is 6.12. The topological polar surface area (TPSA) is 95.0 Å². The van der Waals surface area contributed by atoms with Gasteiger partial charge in [-0.1, -0.05) is 0 Å². The molecule has 102 valence electrons. The molecule has 19 heavy (non-hydrogen) atoms. The molecule has 1 fully saturated rings. The number of carboxylic acid groups (broad SMARTS) is 2. The molecule has 4 heterocycles. The summed E-state index contributed by atoms with van der Waals surface area (Å²) in [4.78, 5) is 19.6. The molecule has 0 unspecified atom stereocenters. The minimum absolute atomic E-state index is 0.767. The number of allylic oxidation sites excluding steroid dienone is 1. The van der Waals surface area contributed by atoms with Gasteiger partial charge < -0.3 is 24.3 Å². The van der Waals surface area contributed by atoms with Crippen molar-refractivity contribution in [1.29, 1.82) is 0 Å². The number of carbonyl (C=O) groups excluding carboxylic acids is 1. The molecule has 1 saturated heterocycles. The van der Waals surface area contributed by atoms with Crippen molar-refractivity contribution in [2.24, 2.45) is 5.92 Å². The molecule has 2 bridgehead atoms. The second-order valence-electron chi connectivity index (χ2n) is 4.60. The summed E-state index contributed by atoms with van der Waals surface area (Å²) in [6.07, 6.45) is 6.79. The van der Waals surface area contributed by atoms with Crippen LogP contribution < -0.4 is 10.0 Å². The van der Waals surface area contributed by atoms with Crippen LogP contribution >= 0.6 is 0 Å². The number of hydrogen-bond acceptors (Lipinski definition) is 4. The third-order valence-corrected chi connectivity index (χ3v) is 3.41. The number of fused-ring (bicyclic) bond motifs is 2. The smallest absolute Gasteiger partial charge is 0.351 e. The Hall–Kier alpha value is -2.08. The van der Waals surface area contributed by atoms with Gasteiger partial charge in [0.1, 0.15) is 12.0 Å². The molecule has 0 spiro atoms. The molecular weight excluding hydrogens is 250 g/mol. The highest BCUT2D eigenvalue weighted by Crippen LogP contribution is 2.31. The van der Waals surface area contributed by atoms with E-state index in [9.17, 15) is 0 Å². The van der Waals surface area contributed by atoms with Crippen molar-refractivity contribution in [2.75, 3.05) is 13.1 Å². The molecule has 0 atom stereocenters. The molecule has 3 aliphatic heterocycles. The number of carboxylic acids is 2. The Bertz CT molecular complexity index is 471. The zero-order valence-electron chi connectivity index (χ0n) is 10.3. The average Bonchev–Trinajstić information content (AvgIpc) is 2.94. The van der Waals surface area contributed by atoms with Crippen LogP contribution in [0.15, 0.2) is 29.0 Å². The van der Waals surface area contributed by atoms with E-state index >= 15 is 0 Å². The van der Waals surface area contributed by atoms with Gasteiger partial charge in [0.05, 0.1) is 24.9 Å². The lowest BCUT2D eigenvalue weighted by atomic mass is 9.85. The predicted molar refractivity (Wildman–Crippen MR) is 62.7 cm³/mol. The molecular formula is C13H15NO5. The van der Waals surface area contributed by atoms with Gasteiger partial charge in [-0.25, -0.2) is 4.79 Å². The summed E-state index contributed by atoms with van der Waals surface area (Å²) in [7, 11) is 0. The quantitative estimate of drug-likeness (QED) is 0.619. The summed E-state index contributed by atoms with van der Waals surface area (Å²) in [6, 6.07) is 4.05. The van der Waals surface area contributed by atoms with E-state index in [0.29, 0.717) is 0 Å². The zero-order chi connectivity index (χ0) is 13.8. The molecule has 6 nitrogen and oxygen atoms in total. The van der Waals surface area contributed by atoms with E-state index in [-0.39, 0.29) is 0 Å². The Morgan fingerprint density at radius 2 is 2.00 bits per heavy atom. The molecule has 0 saturated carbocycles. The molecule has 1 aromatic rings. The summed E-state index contributed by atoms with van der Waals surface area (Å²) in [6.45, 7) is 2.63. The molecule has 0 radical (unpaired) electrons. The van der Waals surface area contributed by atoms with Crippen LogP contribution in [-0.4, -0.2) is 30.1 Å². The van der Waals surface area contributed by atoms with Crippen LogP contribution in [0.2, 0.25) is 0 Å². The number of hydrogen-bond donors (Lipinski definition) is 2. The highest BCUT2D eigenvalue weighted by molar-refractivity contribution is 6.26. The van der Waals surface area contributed by atoms with Gasteiger partial charge in [0.25, 0.3) is 0 Å². The summed E-state index contributed by atoms with van der Waals surface area (Å²) in [5, 5.41) is 16.3. The fourth-order valence-electron chi connectivity index (χ4n) is 2.50. The SMILES string of the molecule is C1=C(c2ccco2)C2CC[NH+]1CC2.O=C([O-])C(=O)O. The maximum atomic E-state index is 9.04. The zero-order valence-corrected chi connectivity index (χ0v) is 10.3. The van der Waals surface area contributed by atoms with Gasteiger partial charge in [-0.2, -0.15) is 0 Å². The summed E-state index contributed by atoms with van der Waals surface area (Å²) in [5.41, 5.74) is 1.44. The number of furan rings is 1. The molecule has 3 aliphatic rings. The monoisotopic (exact) mass is 265 g/mol. The van der Waals surface area contributed by atoms with E-state index in [2.05, 4.69) is 12.3 Å². The van der Waals surface area contributed by atoms with Gasteiger partial charge >= 0.3 is 5.97 Å². The van der Waals surface area contributed by atoms with Crippen molar-refractivity contribution >= 4 is 17.5 Å². The first-order chi connectivity index (χ1) is 9.08. The van der Waals surface area contributed by atoms with Gasteiger partial charge in [0.15, 0.2) is 5.97 Å². The Kier molecular flexibility index (Phi) is 4.01. The fraction of sp³-hybridized carbons (Fsp3) is 0.385. The standard InChI is InChI=1S/C11H13NO.C2H2O4/c1-2-11(13-7-1)10-8-12-5-3-9(10)4-6-12;3-1(4)2(5)6/h1-2,7-9H,3-6H2;(H,3,4)(H,5,6). The summed E-state index contributed by atoms with van der Waals surface area (Å²) >= 11 is 0. The highest BCUT2D eigenvalue weighted by Gasteiger charge is 2.32. The number of nitrogens with one attached hydrogen (secondary N) is 1. The maximum absolute atomic E-state index is 9.04. The van der Waals surface area contributed by atoms with Crippen molar-refractivity contribution < 1.29 is 29.1 Å². The van der Waals surface area contributed by atoms with Crippen molar-refractivity contribution in [3.63, 3.8) is 0 Å². The predicted octanol–water partition coefficient (Wildman–Crippen LogP) is -1.25. The van der Waals surface area contributed by atoms with E-state index in [1.54, 1.807) is 11.2 Å². The van der Waals surface area contributed by atoms with Gasteiger partial charge in [0, 0.05) is 18.8 Å². The van der Waals surface area contributed by atoms with Crippen molar-refractivity contribution in [3.8, 4) is 0 Å². The van der Waals surface area contributed by atoms with Crippen LogP contribution in [0.5, 0.6) is 0 Å². The van der Waals surface area contributed by atoms with E-state index < -0.39 is 11.9 Å². The number of rotatable bonds is 1. The van der Waals surface area contributed by atoms with E-state index in [1.807, 2.05) is 6.07 Å². The van der Waals surface area contributed by atoms with Crippen LogP contribution in [0.1, 0.15) is 18.6 Å². The first-order valence-corrected chi connectivity index (χ1v) is 6.12. The lowest BCUT2D eigenvalue weighted by Gasteiger charge is -2.33. The van der Waals surface area contributed by atoms with Crippen LogP contribution in [0.3, 0.4) is 0 Å². The fourth-order valence-corrected chi connectivity index (χ4v) is 2.50. The van der Waals surface area contributed by atoms with Gasteiger partial charge in [0.2, 0.25) is 0 Å². The van der Waals surface area contributed by atoms with Crippen molar-refractivity contribution in [3.05, 3.63) is 30.4 Å². The number of carbonyl (C=O) groups is 2. The Balaban J connectivity index is 0.000000192. The molecule has 0 amide bonds. The molecule has 1 aromatic heterocycles. The largest absolute Gasteiger partial charge is 0.539 e. The lowest BCUT2D eigenvalue weighted by Crippen LogP contribution is -3.10. The van der Waals surface area contributed by atoms with Crippen LogP contribution in [-0.2, 0) is 9.59 Å². The second-order valence-corrected chi connectivity index (χ2v) is 4.60. The van der Waals surface area contributed by atoms with Crippen LogP contribution in [0.4, 0.5) is 0 Å². The number of quaternary nitrogens is 1. The van der Waals surface area contributed by atoms with Gasteiger partial charge in [-0.05, 0) is 12.1 Å². The van der Waals surface area contributed by atoms with E-state index in [0.717, 1.165) is 11.7 Å². The lowest BCUT2D eigenvalue weighted by molar-refractivity contribution is -0.856. The number of aliphatic carboxylic acids is 2. The Morgan fingerprint density at radius 1 is 1.37 bits per heavy atom. The minimum atomic E-state index is -2.07. The maximum Gasteiger partial charge on any atom is 0.351 e. The molecule has 0 aromatic carbocycles. The second kappa shape index (κ2) is 5.71. The summed E-state index contributed by atoms with van der Waals surface area (Å²) in [5.74, 6) is -2.16. The van der Waals surface area contributed by atoms with Gasteiger partial charge in [-0.3, -0.25) is 0 Å². The van der Waals surface area contributed by atoms with E-state index in [4.69, 9.17) is 24.2 Å². The Labute approximate surface area is 109 Å².